The van der Waals surface area contributed by atoms with Gasteiger partial charge in [0, 0.05) is 5.56 Å². The van der Waals surface area contributed by atoms with E-state index < -0.39 is 38.6 Å². The van der Waals surface area contributed by atoms with E-state index in [0.717, 1.165) is 76.2 Å². The summed E-state index contributed by atoms with van der Waals surface area (Å²) in [4.78, 5) is 13.8. The van der Waals surface area contributed by atoms with Gasteiger partial charge in [0.05, 0.1) is 0 Å². The maximum absolute atomic E-state index is 15.6. The van der Waals surface area contributed by atoms with Crippen molar-refractivity contribution in [2.75, 3.05) is 0 Å². The van der Waals surface area contributed by atoms with Gasteiger partial charge >= 0.3 is 27.2 Å². The van der Waals surface area contributed by atoms with Crippen LogP contribution in [0.1, 0.15) is 152 Å². The van der Waals surface area contributed by atoms with E-state index in [9.17, 15) is 30.8 Å². The second-order valence-electron chi connectivity index (χ2n) is 12.3. The predicted molar refractivity (Wildman–Crippen MR) is 144 cm³/mol. The number of carbonyl (C=O) groups excluding carboxylic acids is 1. The molecule has 3 saturated carbocycles. The van der Waals surface area contributed by atoms with Gasteiger partial charge in [-0.1, -0.05) is 57.8 Å². The monoisotopic (exact) mass is 610 g/mol. The lowest BCUT2D eigenvalue weighted by Gasteiger charge is -2.38. The number of hydrogen-bond acceptors (Lipinski definition) is 3. The van der Waals surface area contributed by atoms with Gasteiger partial charge in [-0.3, -0.25) is 9.35 Å². The lowest BCUT2D eigenvalue weighted by atomic mass is 9.68. The molecule has 0 bridgehead atoms. The fraction of sp³-hybridized carbons (Fsp3) is 0.767. The summed E-state index contributed by atoms with van der Waals surface area (Å²) in [5.41, 5.74) is 1.99. The van der Waals surface area contributed by atoms with Crippen LogP contribution >= 0.6 is 0 Å². The highest BCUT2D eigenvalue weighted by atomic mass is 32.2. The van der Waals surface area contributed by atoms with Crippen molar-refractivity contribution >= 4 is 15.9 Å². The third-order valence-corrected chi connectivity index (χ3v) is 10.7. The zero-order chi connectivity index (χ0) is 30.4. The topological polar surface area (TPSA) is 71.4 Å². The number of benzene rings is 1. The Labute approximate surface area is 238 Å². The molecule has 0 atom stereocenters. The van der Waals surface area contributed by atoms with Gasteiger partial charge in [-0.15, -0.1) is 0 Å². The van der Waals surface area contributed by atoms with E-state index in [2.05, 4.69) is 0 Å². The SMILES string of the molecule is Cc1c(C2CCCCC2)c(C)c(C2CCCCC2)c(C(=O)C(F)(F)C(F)(F)C(F)(F)S(=O)(=O)O)c1C1CCCCC1. The summed E-state index contributed by atoms with van der Waals surface area (Å²) in [5.74, 6) is -16.0. The maximum atomic E-state index is 15.6. The van der Waals surface area contributed by atoms with E-state index in [0.29, 0.717) is 36.8 Å². The lowest BCUT2D eigenvalue weighted by Crippen LogP contribution is -2.61. The van der Waals surface area contributed by atoms with Crippen LogP contribution < -0.4 is 0 Å². The number of ketones is 1. The van der Waals surface area contributed by atoms with E-state index in [1.54, 1.807) is 13.8 Å². The molecule has 0 amide bonds. The van der Waals surface area contributed by atoms with Gasteiger partial charge in [-0.25, -0.2) is 0 Å². The molecular formula is C30H40F6O4S. The Morgan fingerprint density at radius 1 is 0.634 bits per heavy atom. The van der Waals surface area contributed by atoms with Crippen LogP contribution in [0.15, 0.2) is 0 Å². The van der Waals surface area contributed by atoms with Crippen LogP contribution in [-0.4, -0.2) is 35.9 Å². The molecule has 41 heavy (non-hydrogen) atoms. The third kappa shape index (κ3) is 5.58. The minimum absolute atomic E-state index is 0.114. The number of hydrogen-bond donors (Lipinski definition) is 1. The molecule has 3 aliphatic carbocycles. The molecule has 0 aliphatic heterocycles. The summed E-state index contributed by atoms with van der Waals surface area (Å²) in [7, 11) is -6.97. The number of Topliss-reactive ketones (excluding diaryl/α,β-unsaturated/α-hetero) is 1. The zero-order valence-corrected chi connectivity index (χ0v) is 24.5. The first-order chi connectivity index (χ1) is 19.1. The Balaban J connectivity index is 2.03. The Bertz CT molecular complexity index is 1200. The Kier molecular flexibility index (Phi) is 9.30. The fourth-order valence-electron chi connectivity index (χ4n) is 7.79. The van der Waals surface area contributed by atoms with Crippen molar-refractivity contribution in [3.05, 3.63) is 33.4 Å². The van der Waals surface area contributed by atoms with Crippen molar-refractivity contribution < 1.29 is 44.1 Å². The Morgan fingerprint density at radius 2 is 0.951 bits per heavy atom. The molecule has 0 spiro atoms. The van der Waals surface area contributed by atoms with Crippen LogP contribution in [0.3, 0.4) is 0 Å². The molecule has 3 fully saturated rings. The minimum atomic E-state index is -6.97. The van der Waals surface area contributed by atoms with Crippen LogP contribution in [-0.2, 0) is 10.1 Å². The van der Waals surface area contributed by atoms with E-state index in [1.165, 1.54) is 0 Å². The van der Waals surface area contributed by atoms with E-state index >= 15 is 8.78 Å². The number of carbonyl (C=O) groups is 1. The number of rotatable bonds is 8. The van der Waals surface area contributed by atoms with Crippen molar-refractivity contribution in [2.45, 2.75) is 145 Å². The van der Waals surface area contributed by atoms with Crippen LogP contribution in [0.4, 0.5) is 26.3 Å². The van der Waals surface area contributed by atoms with Gasteiger partial charge in [-0.05, 0) is 97.9 Å². The van der Waals surface area contributed by atoms with Crippen molar-refractivity contribution in [3.63, 3.8) is 0 Å². The third-order valence-electron chi connectivity index (χ3n) is 9.79. The molecule has 4 rings (SSSR count). The molecule has 0 radical (unpaired) electrons. The standard InChI is InChI=1S/C30H40F6O4S/c1-18-23(20-12-6-3-7-13-20)19(2)25(22-16-10-5-11-17-22)26(24(18)21-14-8-4-9-15-21)27(37)28(31,32)29(33,34)30(35,36)41(38,39)40/h20-22H,3-17H2,1-2H3,(H,38,39,40). The summed E-state index contributed by atoms with van der Waals surface area (Å²) in [6.45, 7) is 3.46. The van der Waals surface area contributed by atoms with E-state index in [-0.39, 0.29) is 28.9 Å². The largest absolute Gasteiger partial charge is 0.438 e. The van der Waals surface area contributed by atoms with Crippen LogP contribution in [0.2, 0.25) is 0 Å². The molecule has 4 nitrogen and oxygen atoms in total. The summed E-state index contributed by atoms with van der Waals surface area (Å²) >= 11 is 0. The number of alkyl halides is 6. The predicted octanol–water partition coefficient (Wildman–Crippen LogP) is 9.38. The lowest BCUT2D eigenvalue weighted by molar-refractivity contribution is -0.257. The maximum Gasteiger partial charge on any atom is 0.438 e. The first-order valence-electron chi connectivity index (χ1n) is 14.9. The summed E-state index contributed by atoms with van der Waals surface area (Å²) in [6.07, 6.45) is 11.7. The van der Waals surface area contributed by atoms with Crippen LogP contribution in [0, 0.1) is 13.8 Å². The van der Waals surface area contributed by atoms with Gasteiger partial charge in [0.2, 0.25) is 5.78 Å². The Morgan fingerprint density at radius 3 is 1.27 bits per heavy atom. The average molecular weight is 611 g/mol. The summed E-state index contributed by atoms with van der Waals surface area (Å²) in [6, 6.07) is 0. The molecule has 0 saturated heterocycles. The normalized spacial score (nSPS) is 21.3. The molecule has 1 N–H and O–H groups in total. The molecule has 1 aromatic rings. The van der Waals surface area contributed by atoms with Gasteiger partial charge in [-0.2, -0.15) is 34.8 Å². The second-order valence-corrected chi connectivity index (χ2v) is 13.8. The highest BCUT2D eigenvalue weighted by Crippen LogP contribution is 2.53. The van der Waals surface area contributed by atoms with Crippen molar-refractivity contribution in [2.24, 2.45) is 0 Å². The van der Waals surface area contributed by atoms with Gasteiger partial charge in [0.15, 0.2) is 0 Å². The highest BCUT2D eigenvalue weighted by Gasteiger charge is 2.80. The minimum Gasteiger partial charge on any atom is -0.287 e. The molecule has 232 valence electrons. The Hall–Kier alpha value is -1.62. The first-order valence-corrected chi connectivity index (χ1v) is 16.3. The highest BCUT2D eigenvalue weighted by molar-refractivity contribution is 7.87. The van der Waals surface area contributed by atoms with Crippen LogP contribution in [0.25, 0.3) is 0 Å². The van der Waals surface area contributed by atoms with Crippen molar-refractivity contribution in [3.8, 4) is 0 Å². The second kappa shape index (κ2) is 11.8. The molecule has 0 heterocycles. The smallest absolute Gasteiger partial charge is 0.287 e. The fourth-order valence-corrected chi connectivity index (χ4v) is 8.24. The molecule has 1 aromatic carbocycles. The first kappa shape index (κ1) is 32.3. The van der Waals surface area contributed by atoms with E-state index in [1.807, 2.05) is 0 Å². The molecular weight excluding hydrogens is 570 g/mol. The summed E-state index contributed by atoms with van der Waals surface area (Å²) < 4.78 is 120. The molecule has 3 aliphatic rings. The van der Waals surface area contributed by atoms with Gasteiger partial charge < -0.3 is 0 Å². The molecule has 11 heteroatoms. The van der Waals surface area contributed by atoms with E-state index in [4.69, 9.17) is 4.55 Å². The zero-order valence-electron chi connectivity index (χ0n) is 23.7. The van der Waals surface area contributed by atoms with Crippen molar-refractivity contribution in [1.29, 1.82) is 0 Å². The average Bonchev–Trinajstić information content (AvgIpc) is 2.93. The number of halogens is 6. The molecule has 0 aromatic heterocycles. The quantitative estimate of drug-likeness (QED) is 0.181. The van der Waals surface area contributed by atoms with Gasteiger partial charge in [0.1, 0.15) is 0 Å². The van der Waals surface area contributed by atoms with Crippen LogP contribution in [0.5, 0.6) is 0 Å². The van der Waals surface area contributed by atoms with Gasteiger partial charge in [0.25, 0.3) is 0 Å². The summed E-state index contributed by atoms with van der Waals surface area (Å²) in [5, 5.41) is -6.58. The molecule has 0 unspecified atom stereocenters. The van der Waals surface area contributed by atoms with Crippen molar-refractivity contribution in [1.82, 2.24) is 0 Å².